The fraction of sp³-hybridized carbons (Fsp3) is 0.125. The van der Waals surface area contributed by atoms with Crippen molar-refractivity contribution in [3.05, 3.63) is 65.0 Å². The van der Waals surface area contributed by atoms with E-state index in [0.29, 0.717) is 23.3 Å². The molecular weight excluding hydrogens is 311 g/mol. The maximum absolute atomic E-state index is 13.5. The Morgan fingerprint density at radius 3 is 2.57 bits per heavy atom. The van der Waals surface area contributed by atoms with Crippen molar-refractivity contribution in [2.45, 2.75) is 12.5 Å². The second-order valence-corrected chi connectivity index (χ2v) is 4.98. The zero-order chi connectivity index (χ0) is 16.6. The number of benzene rings is 2. The van der Waals surface area contributed by atoms with Gasteiger partial charge in [-0.15, -0.1) is 0 Å². The summed E-state index contributed by atoms with van der Waals surface area (Å²) in [5, 5.41) is 2.14. The number of halogens is 3. The van der Waals surface area contributed by atoms with Crippen molar-refractivity contribution in [3.8, 4) is 0 Å². The molecule has 1 N–H and O–H groups in total. The summed E-state index contributed by atoms with van der Waals surface area (Å²) in [6.45, 7) is 0. The number of carbonyl (C=O) groups excluding carboxylic acids is 2. The Labute approximate surface area is 128 Å². The van der Waals surface area contributed by atoms with Gasteiger partial charge in [0.25, 0.3) is 0 Å². The van der Waals surface area contributed by atoms with Gasteiger partial charge in [0, 0.05) is 17.7 Å². The third kappa shape index (κ3) is 2.90. The van der Waals surface area contributed by atoms with Crippen molar-refractivity contribution in [1.82, 2.24) is 0 Å². The van der Waals surface area contributed by atoms with Crippen LogP contribution >= 0.6 is 0 Å². The molecular formula is C16H10F3NO3. The molecule has 2 aromatic rings. The van der Waals surface area contributed by atoms with Gasteiger partial charge in [0.2, 0.25) is 5.91 Å². The van der Waals surface area contributed by atoms with Crippen LogP contribution in [0.15, 0.2) is 36.4 Å². The van der Waals surface area contributed by atoms with E-state index in [1.807, 2.05) is 0 Å². The summed E-state index contributed by atoms with van der Waals surface area (Å²) in [7, 11) is 0. The van der Waals surface area contributed by atoms with E-state index in [1.54, 1.807) is 24.3 Å². The molecule has 1 amide bonds. The summed E-state index contributed by atoms with van der Waals surface area (Å²) in [5.41, 5.74) is 0.439. The monoisotopic (exact) mass is 321 g/mol. The first-order valence-corrected chi connectivity index (χ1v) is 6.70. The summed E-state index contributed by atoms with van der Waals surface area (Å²) in [6.07, 6.45) is -1.06. The number of hydrogen-bond donors (Lipinski definition) is 1. The van der Waals surface area contributed by atoms with Gasteiger partial charge in [0.05, 0.1) is 17.7 Å². The Morgan fingerprint density at radius 2 is 1.78 bits per heavy atom. The van der Waals surface area contributed by atoms with Gasteiger partial charge in [-0.1, -0.05) is 18.2 Å². The number of fused-ring (bicyclic) bond motifs is 1. The summed E-state index contributed by atoms with van der Waals surface area (Å²) in [6, 6.07) is 7.48. The van der Waals surface area contributed by atoms with E-state index in [9.17, 15) is 22.8 Å². The lowest BCUT2D eigenvalue weighted by Crippen LogP contribution is -2.17. The number of hydrogen-bond acceptors (Lipinski definition) is 3. The fourth-order valence-corrected chi connectivity index (χ4v) is 2.36. The average Bonchev–Trinajstić information content (AvgIpc) is 2.82. The van der Waals surface area contributed by atoms with Crippen LogP contribution < -0.4 is 5.32 Å². The number of esters is 1. The summed E-state index contributed by atoms with van der Waals surface area (Å²) in [4.78, 5) is 23.6. The van der Waals surface area contributed by atoms with E-state index in [2.05, 4.69) is 5.32 Å². The van der Waals surface area contributed by atoms with Gasteiger partial charge in [-0.25, -0.2) is 18.0 Å². The first-order valence-electron chi connectivity index (χ1n) is 6.70. The predicted molar refractivity (Wildman–Crippen MR) is 74.2 cm³/mol. The Morgan fingerprint density at radius 1 is 1.09 bits per heavy atom. The Balaban J connectivity index is 1.74. The number of rotatable bonds is 3. The number of nitrogens with one attached hydrogen (secondary N) is 1. The number of anilines is 1. The van der Waals surface area contributed by atoms with Crippen LogP contribution in [0, 0.1) is 17.5 Å². The van der Waals surface area contributed by atoms with Gasteiger partial charge >= 0.3 is 5.97 Å². The maximum Gasteiger partial charge on any atom is 0.339 e. The quantitative estimate of drug-likeness (QED) is 0.697. The van der Waals surface area contributed by atoms with Crippen LogP contribution in [0.1, 0.15) is 28.4 Å². The van der Waals surface area contributed by atoms with Gasteiger partial charge < -0.3 is 10.1 Å². The molecule has 2 aromatic carbocycles. The van der Waals surface area contributed by atoms with Crippen LogP contribution in [0.5, 0.6) is 0 Å². The van der Waals surface area contributed by atoms with Crippen molar-refractivity contribution >= 4 is 17.6 Å². The van der Waals surface area contributed by atoms with E-state index in [0.717, 1.165) is 0 Å². The molecule has 1 aliphatic heterocycles. The zero-order valence-electron chi connectivity index (χ0n) is 11.6. The second-order valence-electron chi connectivity index (χ2n) is 4.98. The second kappa shape index (κ2) is 5.75. The normalized spacial score (nSPS) is 16.0. The van der Waals surface area contributed by atoms with Gasteiger partial charge in [0.1, 0.15) is 11.9 Å². The predicted octanol–water partition coefficient (Wildman–Crippen LogP) is 3.34. The van der Waals surface area contributed by atoms with E-state index < -0.39 is 41.1 Å². The third-order valence-corrected chi connectivity index (χ3v) is 3.43. The molecule has 0 radical (unpaired) electrons. The largest absolute Gasteiger partial charge is 0.453 e. The highest BCUT2D eigenvalue weighted by Crippen LogP contribution is 2.33. The van der Waals surface area contributed by atoms with Crippen LogP contribution in [0.2, 0.25) is 0 Å². The smallest absolute Gasteiger partial charge is 0.339 e. The molecule has 3 rings (SSSR count). The standard InChI is InChI=1S/C16H10F3NO3/c17-10-5-12(19)13(6-11(10)18)20-15(21)7-14-8-3-1-2-4-9(8)16(22)23-14/h1-6,14H,7H2,(H,20,21)/t14-/m0/s1. The van der Waals surface area contributed by atoms with Crippen LogP contribution in [-0.4, -0.2) is 11.9 Å². The van der Waals surface area contributed by atoms with Crippen LogP contribution in [0.25, 0.3) is 0 Å². The van der Waals surface area contributed by atoms with Crippen LogP contribution in [0.4, 0.5) is 18.9 Å². The maximum atomic E-state index is 13.5. The van der Waals surface area contributed by atoms with E-state index >= 15 is 0 Å². The average molecular weight is 321 g/mol. The molecule has 0 saturated heterocycles. The van der Waals surface area contributed by atoms with E-state index in [4.69, 9.17) is 4.74 Å². The summed E-state index contributed by atoms with van der Waals surface area (Å²) >= 11 is 0. The Kier molecular flexibility index (Phi) is 3.77. The number of amides is 1. The Hall–Kier alpha value is -2.83. The highest BCUT2D eigenvalue weighted by Gasteiger charge is 2.32. The molecule has 0 fully saturated rings. The first-order chi connectivity index (χ1) is 11.0. The minimum Gasteiger partial charge on any atom is -0.453 e. The van der Waals surface area contributed by atoms with Crippen molar-refractivity contribution < 1.29 is 27.5 Å². The number of cyclic esters (lactones) is 1. The fourth-order valence-electron chi connectivity index (χ4n) is 2.36. The van der Waals surface area contributed by atoms with Gasteiger partial charge in [-0.2, -0.15) is 0 Å². The molecule has 23 heavy (non-hydrogen) atoms. The molecule has 4 nitrogen and oxygen atoms in total. The van der Waals surface area contributed by atoms with Crippen molar-refractivity contribution in [1.29, 1.82) is 0 Å². The van der Waals surface area contributed by atoms with E-state index in [-0.39, 0.29) is 6.42 Å². The lowest BCUT2D eigenvalue weighted by atomic mass is 10.0. The Bertz CT molecular complexity index is 807. The summed E-state index contributed by atoms with van der Waals surface area (Å²) in [5.74, 6) is -4.96. The number of ether oxygens (including phenoxy) is 1. The molecule has 0 aromatic heterocycles. The minimum absolute atomic E-state index is 0.263. The van der Waals surface area contributed by atoms with Gasteiger partial charge in [-0.05, 0) is 6.07 Å². The molecule has 0 spiro atoms. The lowest BCUT2D eigenvalue weighted by Gasteiger charge is -2.11. The molecule has 0 bridgehead atoms. The van der Waals surface area contributed by atoms with Gasteiger partial charge in [0.15, 0.2) is 11.6 Å². The highest BCUT2D eigenvalue weighted by molar-refractivity contribution is 5.96. The minimum atomic E-state index is -1.35. The molecule has 0 saturated carbocycles. The molecule has 118 valence electrons. The van der Waals surface area contributed by atoms with Crippen LogP contribution in [0.3, 0.4) is 0 Å². The summed E-state index contributed by atoms with van der Waals surface area (Å²) < 4.78 is 44.5. The zero-order valence-corrected chi connectivity index (χ0v) is 11.6. The van der Waals surface area contributed by atoms with Crippen molar-refractivity contribution in [2.24, 2.45) is 0 Å². The lowest BCUT2D eigenvalue weighted by molar-refractivity contribution is -0.118. The molecule has 1 aliphatic rings. The third-order valence-electron chi connectivity index (χ3n) is 3.43. The molecule has 1 atom stereocenters. The van der Waals surface area contributed by atoms with Gasteiger partial charge in [-0.3, -0.25) is 4.79 Å². The SMILES string of the molecule is O=C(C[C@@H]1OC(=O)c2ccccc21)Nc1cc(F)c(F)cc1F. The molecule has 0 aliphatic carbocycles. The molecule has 0 unspecified atom stereocenters. The van der Waals surface area contributed by atoms with Crippen molar-refractivity contribution in [3.63, 3.8) is 0 Å². The van der Waals surface area contributed by atoms with Crippen molar-refractivity contribution in [2.75, 3.05) is 5.32 Å². The van der Waals surface area contributed by atoms with E-state index in [1.165, 1.54) is 0 Å². The molecule has 1 heterocycles. The number of carbonyl (C=O) groups is 2. The first kappa shape index (κ1) is 15.1. The topological polar surface area (TPSA) is 55.4 Å². The van der Waals surface area contributed by atoms with Crippen LogP contribution in [-0.2, 0) is 9.53 Å². The highest BCUT2D eigenvalue weighted by atomic mass is 19.2. The molecule has 7 heteroatoms.